The van der Waals surface area contributed by atoms with Gasteiger partial charge in [-0.25, -0.2) is 4.98 Å². The van der Waals surface area contributed by atoms with Crippen molar-refractivity contribution in [3.8, 4) is 17.0 Å². The molecule has 3 rings (SSSR count). The van der Waals surface area contributed by atoms with E-state index in [1.54, 1.807) is 7.11 Å². The van der Waals surface area contributed by atoms with Gasteiger partial charge in [-0.15, -0.1) is 11.3 Å². The number of nitrogens with one attached hydrogen (secondary N) is 2. The van der Waals surface area contributed by atoms with Crippen molar-refractivity contribution < 1.29 is 9.53 Å². The summed E-state index contributed by atoms with van der Waals surface area (Å²) in [5.74, 6) is 2.94. The normalized spacial score (nSPS) is 17.5. The van der Waals surface area contributed by atoms with Crippen LogP contribution in [0.15, 0.2) is 24.3 Å². The molecule has 0 radical (unpaired) electrons. The van der Waals surface area contributed by atoms with E-state index >= 15 is 0 Å². The van der Waals surface area contributed by atoms with Crippen LogP contribution in [0.1, 0.15) is 11.3 Å². The first-order valence-electron chi connectivity index (χ1n) is 7.88. The Hall–Kier alpha value is -1.57. The highest BCUT2D eigenvalue weighted by Gasteiger charge is 2.18. The summed E-state index contributed by atoms with van der Waals surface area (Å²) in [4.78, 5) is 17.9. The summed E-state index contributed by atoms with van der Waals surface area (Å²) in [7, 11) is 1.65. The average molecular weight is 364 g/mol. The van der Waals surface area contributed by atoms with Gasteiger partial charge in [0.05, 0.1) is 12.8 Å². The van der Waals surface area contributed by atoms with Crippen LogP contribution in [-0.2, 0) is 4.79 Å². The van der Waals surface area contributed by atoms with Crippen LogP contribution in [0.4, 0.5) is 5.13 Å². The summed E-state index contributed by atoms with van der Waals surface area (Å²) in [6.07, 6.45) is 0.490. The van der Waals surface area contributed by atoms with Crippen molar-refractivity contribution in [3.05, 3.63) is 29.1 Å². The number of ether oxygens (including phenoxy) is 1. The Morgan fingerprint density at radius 2 is 2.21 bits per heavy atom. The molecule has 2 N–H and O–H groups in total. The average Bonchev–Trinajstić information content (AvgIpc) is 2.96. The molecule has 2 heterocycles. The van der Waals surface area contributed by atoms with Crippen molar-refractivity contribution in [1.82, 2.24) is 10.3 Å². The molecule has 0 spiro atoms. The van der Waals surface area contributed by atoms with Crippen LogP contribution in [0.25, 0.3) is 11.3 Å². The van der Waals surface area contributed by atoms with E-state index in [9.17, 15) is 4.79 Å². The number of thiazole rings is 1. The fourth-order valence-electron chi connectivity index (χ4n) is 2.61. The van der Waals surface area contributed by atoms with Gasteiger partial charge in [0.25, 0.3) is 0 Å². The number of aryl methyl sites for hydroxylation is 1. The lowest BCUT2D eigenvalue weighted by molar-refractivity contribution is -0.116. The Bertz CT molecular complexity index is 694. The quantitative estimate of drug-likeness (QED) is 0.854. The molecule has 1 aliphatic heterocycles. The molecule has 5 nitrogen and oxygen atoms in total. The number of hydrogen-bond donors (Lipinski definition) is 2. The van der Waals surface area contributed by atoms with Gasteiger partial charge in [-0.3, -0.25) is 4.79 Å². The molecule has 0 bridgehead atoms. The zero-order valence-corrected chi connectivity index (χ0v) is 15.4. The molecule has 0 aliphatic carbocycles. The fourth-order valence-corrected chi connectivity index (χ4v) is 4.41. The third-order valence-electron chi connectivity index (χ3n) is 3.84. The van der Waals surface area contributed by atoms with Crippen molar-refractivity contribution in [3.63, 3.8) is 0 Å². The maximum absolute atomic E-state index is 12.2. The minimum Gasteiger partial charge on any atom is -0.497 e. The number of amides is 1. The van der Waals surface area contributed by atoms with Crippen LogP contribution in [0.2, 0.25) is 0 Å². The molecule has 0 saturated carbocycles. The summed E-state index contributed by atoms with van der Waals surface area (Å²) in [6, 6.07) is 8.05. The fraction of sp³-hybridized carbons (Fsp3) is 0.412. The van der Waals surface area contributed by atoms with Crippen molar-refractivity contribution in [2.45, 2.75) is 19.4 Å². The zero-order chi connectivity index (χ0) is 16.9. The number of carbonyl (C=O) groups excluding carboxylic acids is 1. The van der Waals surface area contributed by atoms with E-state index in [2.05, 4.69) is 15.6 Å². The van der Waals surface area contributed by atoms with E-state index in [1.165, 1.54) is 11.3 Å². The SMILES string of the molecule is COc1ccc(-c2nc(NC(=O)CC3CSCCN3)sc2C)cc1. The molecule has 1 saturated heterocycles. The molecular formula is C17H21N3O2S2. The number of thioether (sulfide) groups is 1. The van der Waals surface area contributed by atoms with Gasteiger partial charge < -0.3 is 15.4 Å². The molecule has 128 valence electrons. The van der Waals surface area contributed by atoms with Gasteiger partial charge in [-0.1, -0.05) is 0 Å². The Kier molecular flexibility index (Phi) is 5.76. The Morgan fingerprint density at radius 3 is 2.88 bits per heavy atom. The Morgan fingerprint density at radius 1 is 1.42 bits per heavy atom. The van der Waals surface area contributed by atoms with Crippen molar-refractivity contribution in [1.29, 1.82) is 0 Å². The monoisotopic (exact) mass is 363 g/mol. The minimum atomic E-state index is 0.0185. The highest BCUT2D eigenvalue weighted by atomic mass is 32.2. The molecule has 1 unspecified atom stereocenters. The second-order valence-electron chi connectivity index (χ2n) is 5.63. The van der Waals surface area contributed by atoms with Crippen LogP contribution in [0.3, 0.4) is 0 Å². The number of aromatic nitrogens is 1. The smallest absolute Gasteiger partial charge is 0.227 e. The van der Waals surface area contributed by atoms with Crippen LogP contribution < -0.4 is 15.4 Å². The molecule has 1 aliphatic rings. The molecule has 1 fully saturated rings. The van der Waals surface area contributed by atoms with Crippen LogP contribution in [0, 0.1) is 6.92 Å². The van der Waals surface area contributed by atoms with Crippen molar-refractivity contribution >= 4 is 34.1 Å². The standard InChI is InChI=1S/C17H21N3O2S2/c1-11-16(12-3-5-14(22-2)6-4-12)20-17(24-11)19-15(21)9-13-10-23-8-7-18-13/h3-6,13,18H,7-10H2,1-2H3,(H,19,20,21). The van der Waals surface area contributed by atoms with Crippen molar-refractivity contribution in [2.24, 2.45) is 0 Å². The van der Waals surface area contributed by atoms with E-state index in [1.807, 2.05) is 43.0 Å². The maximum atomic E-state index is 12.2. The molecule has 1 atom stereocenters. The molecular weight excluding hydrogens is 342 g/mol. The van der Waals surface area contributed by atoms with Crippen LogP contribution in [-0.4, -0.2) is 42.1 Å². The number of methoxy groups -OCH3 is 1. The van der Waals surface area contributed by atoms with Gasteiger partial charge in [-0.2, -0.15) is 11.8 Å². The molecule has 1 amide bonds. The minimum absolute atomic E-state index is 0.0185. The predicted molar refractivity (Wildman–Crippen MR) is 101 cm³/mol. The van der Waals surface area contributed by atoms with Gasteiger partial charge >= 0.3 is 0 Å². The van der Waals surface area contributed by atoms with Gasteiger partial charge in [0.2, 0.25) is 5.91 Å². The highest BCUT2D eigenvalue weighted by Crippen LogP contribution is 2.31. The number of carbonyl (C=O) groups is 1. The first-order valence-corrected chi connectivity index (χ1v) is 9.85. The second-order valence-corrected chi connectivity index (χ2v) is 7.98. The summed E-state index contributed by atoms with van der Waals surface area (Å²) >= 11 is 3.40. The lowest BCUT2D eigenvalue weighted by Gasteiger charge is -2.22. The van der Waals surface area contributed by atoms with Gasteiger partial charge in [0, 0.05) is 41.0 Å². The largest absolute Gasteiger partial charge is 0.497 e. The highest BCUT2D eigenvalue weighted by molar-refractivity contribution is 7.99. The lowest BCUT2D eigenvalue weighted by Crippen LogP contribution is -2.39. The van der Waals surface area contributed by atoms with E-state index in [0.717, 1.165) is 39.9 Å². The van der Waals surface area contributed by atoms with Gasteiger partial charge in [0.15, 0.2) is 5.13 Å². The predicted octanol–water partition coefficient (Wildman–Crippen LogP) is 3.16. The van der Waals surface area contributed by atoms with Gasteiger partial charge in [0.1, 0.15) is 5.75 Å². The molecule has 2 aromatic rings. The first-order chi connectivity index (χ1) is 11.7. The number of rotatable bonds is 5. The Labute approximate surface area is 150 Å². The number of benzene rings is 1. The lowest BCUT2D eigenvalue weighted by atomic mass is 10.1. The third kappa shape index (κ3) is 4.28. The summed E-state index contributed by atoms with van der Waals surface area (Å²) in [6.45, 7) is 2.99. The summed E-state index contributed by atoms with van der Waals surface area (Å²) < 4.78 is 5.18. The maximum Gasteiger partial charge on any atom is 0.227 e. The zero-order valence-electron chi connectivity index (χ0n) is 13.8. The molecule has 24 heavy (non-hydrogen) atoms. The molecule has 7 heteroatoms. The second kappa shape index (κ2) is 8.00. The molecule has 1 aromatic heterocycles. The third-order valence-corrected chi connectivity index (χ3v) is 5.85. The molecule has 1 aromatic carbocycles. The topological polar surface area (TPSA) is 63.2 Å². The first kappa shape index (κ1) is 17.3. The van der Waals surface area contributed by atoms with Crippen LogP contribution >= 0.6 is 23.1 Å². The van der Waals surface area contributed by atoms with Crippen LogP contribution in [0.5, 0.6) is 5.75 Å². The number of anilines is 1. The Balaban J connectivity index is 1.65. The summed E-state index contributed by atoms with van der Waals surface area (Å²) in [5.41, 5.74) is 1.93. The van der Waals surface area contributed by atoms with Crippen molar-refractivity contribution in [2.75, 3.05) is 30.5 Å². The van der Waals surface area contributed by atoms with E-state index < -0.39 is 0 Å². The number of hydrogen-bond acceptors (Lipinski definition) is 6. The van der Waals surface area contributed by atoms with E-state index in [4.69, 9.17) is 4.74 Å². The summed E-state index contributed by atoms with van der Waals surface area (Å²) in [5, 5.41) is 6.97. The van der Waals surface area contributed by atoms with E-state index in [-0.39, 0.29) is 11.9 Å². The van der Waals surface area contributed by atoms with Gasteiger partial charge in [-0.05, 0) is 31.2 Å². The van der Waals surface area contributed by atoms with E-state index in [0.29, 0.717) is 11.6 Å². The number of nitrogens with zero attached hydrogens (tertiary/aromatic N) is 1.